The van der Waals surface area contributed by atoms with Crippen molar-refractivity contribution in [3.8, 4) is 0 Å². The summed E-state index contributed by atoms with van der Waals surface area (Å²) < 4.78 is 4.95. The fraction of sp³-hybridized carbons (Fsp3) is 0.429. The highest BCUT2D eigenvalue weighted by Crippen LogP contribution is 2.18. The summed E-state index contributed by atoms with van der Waals surface area (Å²) >= 11 is 0. The Hall–Kier alpha value is -1.80. The summed E-state index contributed by atoms with van der Waals surface area (Å²) in [4.78, 5) is 3.22. The molecular weight excluding hydrogens is 282 g/mol. The number of ether oxygens (including phenoxy) is 1. The number of aromatic nitrogens is 1. The van der Waals surface area contributed by atoms with Gasteiger partial charge in [0.15, 0.2) is 0 Å². The zero-order valence-electron chi connectivity index (χ0n) is 15.5. The first kappa shape index (κ1) is 19.2. The molecule has 23 heavy (non-hydrogen) atoms. The summed E-state index contributed by atoms with van der Waals surface area (Å²) in [6.45, 7) is 11.4. The Bertz CT molecular complexity index is 658. The van der Waals surface area contributed by atoms with E-state index in [1.807, 2.05) is 6.20 Å². The van der Waals surface area contributed by atoms with Crippen molar-refractivity contribution < 1.29 is 4.74 Å². The van der Waals surface area contributed by atoms with Gasteiger partial charge in [-0.15, -0.1) is 0 Å². The van der Waals surface area contributed by atoms with Crippen molar-refractivity contribution in [2.45, 2.75) is 47.5 Å². The molecule has 1 heterocycles. The van der Waals surface area contributed by atoms with Crippen LogP contribution < -0.4 is 0 Å². The molecular formula is C21H31NO. The highest BCUT2D eigenvalue weighted by atomic mass is 16.5. The second kappa shape index (κ2) is 10.1. The Morgan fingerprint density at radius 2 is 1.87 bits per heavy atom. The van der Waals surface area contributed by atoms with E-state index in [0.29, 0.717) is 0 Å². The van der Waals surface area contributed by atoms with Crippen molar-refractivity contribution in [3.63, 3.8) is 0 Å². The number of hydrogen-bond donors (Lipinski definition) is 1. The van der Waals surface area contributed by atoms with Gasteiger partial charge in [-0.25, -0.2) is 0 Å². The van der Waals surface area contributed by atoms with Gasteiger partial charge in [0.1, 0.15) is 0 Å². The molecule has 0 spiro atoms. The average Bonchev–Trinajstić information content (AvgIpc) is 2.86. The maximum Gasteiger partial charge on any atom is 0.0646 e. The minimum atomic E-state index is 0.737. The van der Waals surface area contributed by atoms with Crippen LogP contribution in [0, 0.1) is 13.8 Å². The summed E-state index contributed by atoms with van der Waals surface area (Å²) in [6, 6.07) is 6.46. The van der Waals surface area contributed by atoms with Crippen LogP contribution in [0.4, 0.5) is 0 Å². The van der Waals surface area contributed by atoms with Gasteiger partial charge in [0.25, 0.3) is 0 Å². The Morgan fingerprint density at radius 3 is 2.52 bits per heavy atom. The van der Waals surface area contributed by atoms with E-state index in [4.69, 9.17) is 4.74 Å². The number of hydrogen-bond acceptors (Lipinski definition) is 1. The van der Waals surface area contributed by atoms with Crippen molar-refractivity contribution in [2.24, 2.45) is 0 Å². The van der Waals surface area contributed by atoms with E-state index in [1.54, 1.807) is 7.11 Å². The largest absolute Gasteiger partial charge is 0.381 e. The SMILES string of the molecule is COC/C=C(\C)CCC=C(C)C.Cc1ccc2[nH]cc(C)c2c1. The third-order valence-corrected chi connectivity index (χ3v) is 3.73. The van der Waals surface area contributed by atoms with Crippen molar-refractivity contribution in [3.05, 3.63) is 58.8 Å². The smallest absolute Gasteiger partial charge is 0.0646 e. The van der Waals surface area contributed by atoms with E-state index >= 15 is 0 Å². The first-order valence-corrected chi connectivity index (χ1v) is 8.26. The predicted molar refractivity (Wildman–Crippen MR) is 102 cm³/mol. The van der Waals surface area contributed by atoms with Crippen LogP contribution in [0.15, 0.2) is 47.7 Å². The Labute approximate surface area is 141 Å². The first-order valence-electron chi connectivity index (χ1n) is 8.26. The number of fused-ring (bicyclic) bond motifs is 1. The van der Waals surface area contributed by atoms with E-state index in [-0.39, 0.29) is 0 Å². The lowest BCUT2D eigenvalue weighted by molar-refractivity contribution is 0.233. The molecule has 0 amide bonds. The van der Waals surface area contributed by atoms with E-state index < -0.39 is 0 Å². The second-order valence-electron chi connectivity index (χ2n) is 6.35. The molecule has 2 rings (SSSR count). The number of benzene rings is 1. The van der Waals surface area contributed by atoms with Gasteiger partial charge in [0.05, 0.1) is 6.61 Å². The maximum atomic E-state index is 4.95. The van der Waals surface area contributed by atoms with Crippen molar-refractivity contribution in [1.29, 1.82) is 0 Å². The quantitative estimate of drug-likeness (QED) is 0.662. The van der Waals surface area contributed by atoms with E-state index in [9.17, 15) is 0 Å². The van der Waals surface area contributed by atoms with Crippen molar-refractivity contribution in [1.82, 2.24) is 4.98 Å². The molecule has 1 N–H and O–H groups in total. The second-order valence-corrected chi connectivity index (χ2v) is 6.35. The maximum absolute atomic E-state index is 4.95. The molecule has 0 aliphatic carbocycles. The summed E-state index contributed by atoms with van der Waals surface area (Å²) in [6.07, 6.45) is 8.75. The van der Waals surface area contributed by atoms with Gasteiger partial charge < -0.3 is 9.72 Å². The van der Waals surface area contributed by atoms with Crippen LogP contribution in [0.25, 0.3) is 10.9 Å². The van der Waals surface area contributed by atoms with Gasteiger partial charge in [0, 0.05) is 24.2 Å². The van der Waals surface area contributed by atoms with Crippen molar-refractivity contribution >= 4 is 10.9 Å². The molecule has 1 aromatic carbocycles. The monoisotopic (exact) mass is 313 g/mol. The van der Waals surface area contributed by atoms with Gasteiger partial charge in [-0.3, -0.25) is 0 Å². The van der Waals surface area contributed by atoms with Crippen LogP contribution in [-0.4, -0.2) is 18.7 Å². The number of allylic oxidation sites excluding steroid dienone is 3. The van der Waals surface area contributed by atoms with E-state index in [2.05, 4.69) is 70.0 Å². The molecule has 0 fully saturated rings. The number of H-pyrrole nitrogens is 1. The molecule has 0 saturated carbocycles. The van der Waals surface area contributed by atoms with Gasteiger partial charge in [-0.05, 0) is 65.2 Å². The fourth-order valence-corrected chi connectivity index (χ4v) is 2.29. The number of aromatic amines is 1. The van der Waals surface area contributed by atoms with Crippen molar-refractivity contribution in [2.75, 3.05) is 13.7 Å². The Morgan fingerprint density at radius 1 is 1.13 bits per heavy atom. The molecule has 0 unspecified atom stereocenters. The topological polar surface area (TPSA) is 25.0 Å². The van der Waals surface area contributed by atoms with E-state index in [0.717, 1.165) is 19.4 Å². The lowest BCUT2D eigenvalue weighted by Gasteiger charge is -1.98. The third kappa shape index (κ3) is 7.34. The molecule has 0 aliphatic heterocycles. The van der Waals surface area contributed by atoms with Gasteiger partial charge in [0.2, 0.25) is 0 Å². The summed E-state index contributed by atoms with van der Waals surface area (Å²) in [5.41, 5.74) is 6.68. The van der Waals surface area contributed by atoms with Crippen LogP contribution in [0.1, 0.15) is 44.7 Å². The van der Waals surface area contributed by atoms with Crippen LogP contribution in [0.2, 0.25) is 0 Å². The molecule has 2 nitrogen and oxygen atoms in total. The molecule has 0 aliphatic rings. The van der Waals surface area contributed by atoms with Crippen LogP contribution in [0.5, 0.6) is 0 Å². The predicted octanol–water partition coefficient (Wildman–Crippen LogP) is 6.11. The number of nitrogens with one attached hydrogen (secondary N) is 1. The third-order valence-electron chi connectivity index (χ3n) is 3.73. The van der Waals surface area contributed by atoms with Crippen LogP contribution >= 0.6 is 0 Å². The average molecular weight is 313 g/mol. The normalized spacial score (nSPS) is 11.1. The van der Waals surface area contributed by atoms with E-state index in [1.165, 1.54) is 33.2 Å². The number of aryl methyl sites for hydroxylation is 2. The fourth-order valence-electron chi connectivity index (χ4n) is 2.29. The van der Waals surface area contributed by atoms with Gasteiger partial charge in [-0.2, -0.15) is 0 Å². The zero-order chi connectivity index (χ0) is 17.2. The minimum absolute atomic E-state index is 0.737. The Balaban J connectivity index is 0.000000230. The molecule has 126 valence electrons. The lowest BCUT2D eigenvalue weighted by atomic mass is 10.1. The van der Waals surface area contributed by atoms with Crippen LogP contribution in [0.3, 0.4) is 0 Å². The molecule has 2 heteroatoms. The highest BCUT2D eigenvalue weighted by Gasteiger charge is 1.97. The summed E-state index contributed by atoms with van der Waals surface area (Å²) in [7, 11) is 1.72. The van der Waals surface area contributed by atoms with Crippen LogP contribution in [-0.2, 0) is 4.74 Å². The lowest BCUT2D eigenvalue weighted by Crippen LogP contribution is -1.84. The highest BCUT2D eigenvalue weighted by molar-refractivity contribution is 5.83. The standard InChI is InChI=1S/C11H20O.C10H11N/c1-10(2)6-5-7-11(3)8-9-12-4;1-7-3-4-10-9(5-7)8(2)6-11-10/h6,8H,5,7,9H2,1-4H3;3-6,11H,1-2H3/b11-8+;. The number of rotatable bonds is 5. The number of methoxy groups -OCH3 is 1. The Kier molecular flexibility index (Phi) is 8.42. The molecule has 2 aromatic rings. The molecule has 0 saturated heterocycles. The first-order chi connectivity index (χ1) is 10.9. The minimum Gasteiger partial charge on any atom is -0.381 e. The summed E-state index contributed by atoms with van der Waals surface area (Å²) in [5.74, 6) is 0. The molecule has 1 aromatic heterocycles. The van der Waals surface area contributed by atoms with Gasteiger partial charge >= 0.3 is 0 Å². The zero-order valence-corrected chi connectivity index (χ0v) is 15.5. The molecule has 0 bridgehead atoms. The molecule has 0 atom stereocenters. The molecule has 0 radical (unpaired) electrons. The van der Waals surface area contributed by atoms with Gasteiger partial charge in [-0.1, -0.05) is 34.9 Å². The summed E-state index contributed by atoms with van der Waals surface area (Å²) in [5, 5.41) is 1.34.